The van der Waals surface area contributed by atoms with Gasteiger partial charge in [-0.05, 0) is 25.5 Å². The summed E-state index contributed by atoms with van der Waals surface area (Å²) in [5.41, 5.74) is 2.04. The first kappa shape index (κ1) is 17.6. The number of amides is 1. The Hall–Kier alpha value is -3.22. The highest BCUT2D eigenvalue weighted by Crippen LogP contribution is 2.14. The molecule has 7 heteroatoms. The van der Waals surface area contributed by atoms with Gasteiger partial charge >= 0.3 is 5.69 Å². The van der Waals surface area contributed by atoms with E-state index >= 15 is 0 Å². The standard InChI is InChI=1S/C19H20N4O3/c1-11-6-5-7-13(8-11)10-20-17(24)14-9-12(2)21-16-15(14)18(25)23(4)19(26)22(16)3/h5-9H,10H2,1-4H3,(H,20,24). The Balaban J connectivity index is 2.08. The lowest BCUT2D eigenvalue weighted by atomic mass is 10.1. The zero-order valence-electron chi connectivity index (χ0n) is 15.2. The molecule has 0 saturated heterocycles. The Morgan fingerprint density at radius 3 is 2.54 bits per heavy atom. The maximum atomic E-state index is 12.8. The molecule has 0 fully saturated rings. The van der Waals surface area contributed by atoms with E-state index < -0.39 is 11.2 Å². The Bertz CT molecular complexity index is 1140. The minimum atomic E-state index is -0.531. The van der Waals surface area contributed by atoms with Crippen LogP contribution in [0.3, 0.4) is 0 Å². The minimum absolute atomic E-state index is 0.141. The SMILES string of the molecule is Cc1cccc(CNC(=O)c2cc(C)nc3c2c(=O)n(C)c(=O)n3C)c1. The summed E-state index contributed by atoms with van der Waals surface area (Å²) in [6.45, 7) is 4.05. The second-order valence-electron chi connectivity index (χ2n) is 6.39. The van der Waals surface area contributed by atoms with Crippen LogP contribution in [0.2, 0.25) is 0 Å². The summed E-state index contributed by atoms with van der Waals surface area (Å²) in [6, 6.07) is 9.38. The van der Waals surface area contributed by atoms with Gasteiger partial charge in [-0.1, -0.05) is 29.8 Å². The number of hydrogen-bond acceptors (Lipinski definition) is 4. The van der Waals surface area contributed by atoms with Crippen molar-refractivity contribution in [3.05, 3.63) is 73.6 Å². The van der Waals surface area contributed by atoms with Crippen LogP contribution in [-0.2, 0) is 20.6 Å². The van der Waals surface area contributed by atoms with E-state index in [1.54, 1.807) is 13.0 Å². The summed E-state index contributed by atoms with van der Waals surface area (Å²) in [6.07, 6.45) is 0. The number of carbonyl (C=O) groups excluding carboxylic acids is 1. The summed E-state index contributed by atoms with van der Waals surface area (Å²) in [5, 5.41) is 2.98. The van der Waals surface area contributed by atoms with Crippen LogP contribution >= 0.6 is 0 Å². The number of carbonyl (C=O) groups is 1. The molecule has 0 radical (unpaired) electrons. The van der Waals surface area contributed by atoms with Crippen molar-refractivity contribution in [2.45, 2.75) is 20.4 Å². The van der Waals surface area contributed by atoms with E-state index in [1.165, 1.54) is 18.7 Å². The van der Waals surface area contributed by atoms with Crippen LogP contribution in [0.1, 0.15) is 27.2 Å². The molecule has 3 aromatic rings. The lowest BCUT2D eigenvalue weighted by Gasteiger charge is -2.12. The molecule has 1 N–H and O–H groups in total. The van der Waals surface area contributed by atoms with E-state index in [9.17, 15) is 14.4 Å². The Morgan fingerprint density at radius 2 is 1.85 bits per heavy atom. The lowest BCUT2D eigenvalue weighted by Crippen LogP contribution is -2.38. The van der Waals surface area contributed by atoms with Gasteiger partial charge in [0.05, 0.1) is 10.9 Å². The number of fused-ring (bicyclic) bond motifs is 1. The minimum Gasteiger partial charge on any atom is -0.348 e. The predicted molar refractivity (Wildman–Crippen MR) is 99.3 cm³/mol. The van der Waals surface area contributed by atoms with E-state index in [2.05, 4.69) is 10.3 Å². The third-order valence-electron chi connectivity index (χ3n) is 4.32. The van der Waals surface area contributed by atoms with Gasteiger partial charge in [0, 0.05) is 26.3 Å². The van der Waals surface area contributed by atoms with Gasteiger partial charge in [-0.2, -0.15) is 0 Å². The van der Waals surface area contributed by atoms with Gasteiger partial charge in [0.1, 0.15) is 5.65 Å². The number of pyridine rings is 1. The molecule has 0 saturated carbocycles. The van der Waals surface area contributed by atoms with Crippen LogP contribution in [0, 0.1) is 13.8 Å². The van der Waals surface area contributed by atoms with Gasteiger partial charge in [0.15, 0.2) is 0 Å². The molecular weight excluding hydrogens is 332 g/mol. The third kappa shape index (κ3) is 3.03. The molecule has 0 bridgehead atoms. The molecule has 134 valence electrons. The van der Waals surface area contributed by atoms with E-state index in [1.807, 2.05) is 31.2 Å². The van der Waals surface area contributed by atoms with Crippen LogP contribution in [0.25, 0.3) is 11.0 Å². The highest BCUT2D eigenvalue weighted by molar-refractivity contribution is 6.05. The second kappa shape index (κ2) is 6.59. The number of aryl methyl sites for hydroxylation is 3. The largest absolute Gasteiger partial charge is 0.348 e. The van der Waals surface area contributed by atoms with Gasteiger partial charge < -0.3 is 5.32 Å². The van der Waals surface area contributed by atoms with Crippen molar-refractivity contribution in [3.63, 3.8) is 0 Å². The Kier molecular flexibility index (Phi) is 4.46. The van der Waals surface area contributed by atoms with Crippen molar-refractivity contribution in [2.75, 3.05) is 0 Å². The normalized spacial score (nSPS) is 10.9. The summed E-state index contributed by atoms with van der Waals surface area (Å²) >= 11 is 0. The van der Waals surface area contributed by atoms with E-state index in [4.69, 9.17) is 0 Å². The number of nitrogens with one attached hydrogen (secondary N) is 1. The number of benzene rings is 1. The van der Waals surface area contributed by atoms with Crippen LogP contribution in [0.5, 0.6) is 0 Å². The summed E-state index contributed by atoms with van der Waals surface area (Å²) in [4.78, 5) is 41.7. The zero-order chi connectivity index (χ0) is 19.0. The van der Waals surface area contributed by atoms with Gasteiger partial charge in [-0.3, -0.25) is 18.7 Å². The fourth-order valence-corrected chi connectivity index (χ4v) is 2.96. The summed E-state index contributed by atoms with van der Waals surface area (Å²) in [7, 11) is 2.92. The molecule has 0 spiro atoms. The van der Waals surface area contributed by atoms with Gasteiger partial charge in [-0.25, -0.2) is 9.78 Å². The first-order valence-electron chi connectivity index (χ1n) is 8.20. The molecule has 2 heterocycles. The number of aromatic nitrogens is 3. The first-order valence-corrected chi connectivity index (χ1v) is 8.20. The maximum absolute atomic E-state index is 12.8. The van der Waals surface area contributed by atoms with Gasteiger partial charge in [-0.15, -0.1) is 0 Å². The first-order chi connectivity index (χ1) is 12.3. The van der Waals surface area contributed by atoms with Crippen molar-refractivity contribution in [1.82, 2.24) is 19.4 Å². The molecule has 0 unspecified atom stereocenters. The lowest BCUT2D eigenvalue weighted by molar-refractivity contribution is 0.0952. The predicted octanol–water partition coefficient (Wildman–Crippen LogP) is 1.18. The highest BCUT2D eigenvalue weighted by atomic mass is 16.2. The molecule has 0 atom stereocenters. The molecule has 3 rings (SSSR count). The average molecular weight is 352 g/mol. The maximum Gasteiger partial charge on any atom is 0.332 e. The van der Waals surface area contributed by atoms with E-state index in [0.29, 0.717) is 12.2 Å². The zero-order valence-corrected chi connectivity index (χ0v) is 15.2. The van der Waals surface area contributed by atoms with Crippen molar-refractivity contribution in [1.29, 1.82) is 0 Å². The van der Waals surface area contributed by atoms with Crippen molar-refractivity contribution < 1.29 is 4.79 Å². The molecule has 0 aliphatic rings. The van der Waals surface area contributed by atoms with Crippen molar-refractivity contribution in [2.24, 2.45) is 14.1 Å². The molecule has 7 nitrogen and oxygen atoms in total. The fourth-order valence-electron chi connectivity index (χ4n) is 2.96. The Labute approximate surface area is 149 Å². The van der Waals surface area contributed by atoms with Gasteiger partial charge in [0.25, 0.3) is 11.5 Å². The van der Waals surface area contributed by atoms with E-state index in [-0.39, 0.29) is 22.5 Å². The molecule has 0 aliphatic carbocycles. The van der Waals surface area contributed by atoms with Crippen molar-refractivity contribution in [3.8, 4) is 0 Å². The highest BCUT2D eigenvalue weighted by Gasteiger charge is 2.19. The fraction of sp³-hybridized carbons (Fsp3) is 0.263. The second-order valence-corrected chi connectivity index (χ2v) is 6.39. The summed E-state index contributed by atoms with van der Waals surface area (Å²) < 4.78 is 2.26. The molecule has 0 aliphatic heterocycles. The number of rotatable bonds is 3. The average Bonchev–Trinajstić information content (AvgIpc) is 2.62. The molecule has 26 heavy (non-hydrogen) atoms. The van der Waals surface area contributed by atoms with Crippen LogP contribution in [0.15, 0.2) is 39.9 Å². The monoisotopic (exact) mass is 352 g/mol. The molecule has 1 aromatic carbocycles. The number of nitrogens with zero attached hydrogens (tertiary/aromatic N) is 3. The topological polar surface area (TPSA) is 86.0 Å². The Morgan fingerprint density at radius 1 is 1.12 bits per heavy atom. The van der Waals surface area contributed by atoms with E-state index in [0.717, 1.165) is 15.7 Å². The molecular formula is C19H20N4O3. The van der Waals surface area contributed by atoms with Gasteiger partial charge in [0.2, 0.25) is 0 Å². The quantitative estimate of drug-likeness (QED) is 0.767. The van der Waals surface area contributed by atoms with Crippen LogP contribution < -0.4 is 16.6 Å². The third-order valence-corrected chi connectivity index (χ3v) is 4.32. The molecule has 1 amide bonds. The van der Waals surface area contributed by atoms with Crippen LogP contribution in [0.4, 0.5) is 0 Å². The molecule has 2 aromatic heterocycles. The van der Waals surface area contributed by atoms with Crippen molar-refractivity contribution >= 4 is 16.9 Å². The summed E-state index contributed by atoms with van der Waals surface area (Å²) in [5.74, 6) is -0.377. The van der Waals surface area contributed by atoms with Crippen LogP contribution in [-0.4, -0.2) is 20.0 Å². The smallest absolute Gasteiger partial charge is 0.332 e. The number of hydrogen-bond donors (Lipinski definition) is 1.